The highest BCUT2D eigenvalue weighted by Gasteiger charge is 2.21. The lowest BCUT2D eigenvalue weighted by Crippen LogP contribution is -2.28. The molecule has 2 N–H and O–H groups in total. The van der Waals surface area contributed by atoms with Crippen LogP contribution in [0.15, 0.2) is 23.1 Å². The largest absolute Gasteiger partial charge is 0.492 e. The van der Waals surface area contributed by atoms with E-state index in [9.17, 15) is 13.2 Å². The van der Waals surface area contributed by atoms with Gasteiger partial charge in [0.15, 0.2) is 0 Å². The first kappa shape index (κ1) is 18.4. The number of benzene rings is 1. The standard InChI is InChI=1S/C14H22N2O5S/c1-4-16-22(18,19)13-10-11(6-7-12(13)21-5-2)14(17)15-8-9-20-3/h6-7,10,16H,4-5,8-9H2,1-3H3,(H,15,17). The van der Waals surface area contributed by atoms with E-state index in [4.69, 9.17) is 9.47 Å². The SMILES string of the molecule is CCNS(=O)(=O)c1cc(C(=O)NCCOC)ccc1OCC. The molecule has 0 aliphatic rings. The quantitative estimate of drug-likeness (QED) is 0.652. The molecule has 0 aliphatic carbocycles. The van der Waals surface area contributed by atoms with Gasteiger partial charge in [-0.2, -0.15) is 0 Å². The van der Waals surface area contributed by atoms with Crippen LogP contribution < -0.4 is 14.8 Å². The highest BCUT2D eigenvalue weighted by atomic mass is 32.2. The number of hydrogen-bond acceptors (Lipinski definition) is 5. The highest BCUT2D eigenvalue weighted by Crippen LogP contribution is 2.25. The minimum absolute atomic E-state index is 0.0457. The van der Waals surface area contributed by atoms with E-state index in [-0.39, 0.29) is 28.7 Å². The molecule has 0 saturated carbocycles. The van der Waals surface area contributed by atoms with Crippen molar-refractivity contribution in [2.45, 2.75) is 18.7 Å². The van der Waals surface area contributed by atoms with Crippen molar-refractivity contribution < 1.29 is 22.7 Å². The van der Waals surface area contributed by atoms with Crippen molar-refractivity contribution in [2.24, 2.45) is 0 Å². The lowest BCUT2D eigenvalue weighted by molar-refractivity contribution is 0.0937. The Bertz CT molecular complexity index is 601. The normalized spacial score (nSPS) is 11.2. The first-order valence-electron chi connectivity index (χ1n) is 6.99. The molecule has 0 bridgehead atoms. The van der Waals surface area contributed by atoms with Crippen molar-refractivity contribution in [3.63, 3.8) is 0 Å². The first-order chi connectivity index (χ1) is 10.5. The minimum atomic E-state index is -3.72. The average molecular weight is 330 g/mol. The van der Waals surface area contributed by atoms with E-state index < -0.39 is 10.0 Å². The molecule has 0 spiro atoms. The van der Waals surface area contributed by atoms with Crippen molar-refractivity contribution in [3.8, 4) is 5.75 Å². The molecule has 1 amide bonds. The van der Waals surface area contributed by atoms with Gasteiger partial charge in [-0.25, -0.2) is 13.1 Å². The Labute approximate surface area is 131 Å². The lowest BCUT2D eigenvalue weighted by Gasteiger charge is -2.13. The number of nitrogens with one attached hydrogen (secondary N) is 2. The molecule has 1 aromatic rings. The maximum absolute atomic E-state index is 12.2. The molecule has 0 fully saturated rings. The monoisotopic (exact) mass is 330 g/mol. The number of methoxy groups -OCH3 is 1. The van der Waals surface area contributed by atoms with Crippen molar-refractivity contribution in [1.82, 2.24) is 10.0 Å². The van der Waals surface area contributed by atoms with Gasteiger partial charge >= 0.3 is 0 Å². The average Bonchev–Trinajstić information content (AvgIpc) is 2.48. The number of carbonyl (C=O) groups is 1. The maximum atomic E-state index is 12.2. The van der Waals surface area contributed by atoms with Gasteiger partial charge in [0.2, 0.25) is 10.0 Å². The van der Waals surface area contributed by atoms with Crippen LogP contribution in [0.1, 0.15) is 24.2 Å². The summed E-state index contributed by atoms with van der Waals surface area (Å²) in [7, 11) is -2.19. The van der Waals surface area contributed by atoms with Crippen LogP contribution in [0.2, 0.25) is 0 Å². The van der Waals surface area contributed by atoms with Crippen LogP contribution in [0, 0.1) is 0 Å². The van der Waals surface area contributed by atoms with Crippen LogP contribution in [0.4, 0.5) is 0 Å². The molecule has 0 aromatic heterocycles. The summed E-state index contributed by atoms with van der Waals surface area (Å²) in [5.74, 6) is -0.148. The Morgan fingerprint density at radius 2 is 2.00 bits per heavy atom. The van der Waals surface area contributed by atoms with Gasteiger partial charge < -0.3 is 14.8 Å². The smallest absolute Gasteiger partial charge is 0.251 e. The van der Waals surface area contributed by atoms with Crippen molar-refractivity contribution in [3.05, 3.63) is 23.8 Å². The Morgan fingerprint density at radius 3 is 2.59 bits per heavy atom. The van der Waals surface area contributed by atoms with Gasteiger partial charge in [0.05, 0.1) is 13.2 Å². The molecule has 1 aromatic carbocycles. The summed E-state index contributed by atoms with van der Waals surface area (Å²) in [6.45, 7) is 4.74. The van der Waals surface area contributed by atoms with Crippen molar-refractivity contribution in [2.75, 3.05) is 33.4 Å². The molecule has 0 unspecified atom stereocenters. The summed E-state index contributed by atoms with van der Waals surface area (Å²) in [5, 5.41) is 2.64. The predicted octanol–water partition coefficient (Wildman–Crippen LogP) is 0.760. The molecule has 0 heterocycles. The van der Waals surface area contributed by atoms with Gasteiger partial charge in [-0.3, -0.25) is 4.79 Å². The van der Waals surface area contributed by atoms with Crippen LogP contribution in [0.3, 0.4) is 0 Å². The van der Waals surface area contributed by atoms with Gasteiger partial charge in [0.25, 0.3) is 5.91 Å². The summed E-state index contributed by atoms with van der Waals surface area (Å²) in [6, 6.07) is 4.32. The van der Waals surface area contributed by atoms with Crippen LogP contribution >= 0.6 is 0 Å². The molecule has 124 valence electrons. The highest BCUT2D eigenvalue weighted by molar-refractivity contribution is 7.89. The Balaban J connectivity index is 3.11. The van der Waals surface area contributed by atoms with Crippen LogP contribution in [0.5, 0.6) is 5.75 Å². The molecule has 0 saturated heterocycles. The molecule has 7 nitrogen and oxygen atoms in total. The molecule has 0 aliphatic heterocycles. The van der Waals surface area contributed by atoms with Crippen LogP contribution in [-0.4, -0.2) is 47.7 Å². The molecule has 0 atom stereocenters. The molecule has 22 heavy (non-hydrogen) atoms. The van der Waals surface area contributed by atoms with Crippen molar-refractivity contribution >= 4 is 15.9 Å². The predicted molar refractivity (Wildman–Crippen MR) is 82.7 cm³/mol. The minimum Gasteiger partial charge on any atom is -0.492 e. The number of amides is 1. The molecule has 1 rings (SSSR count). The van der Waals surface area contributed by atoms with Crippen LogP contribution in [0.25, 0.3) is 0 Å². The third-order valence-electron chi connectivity index (χ3n) is 2.72. The number of rotatable bonds is 9. The zero-order valence-corrected chi connectivity index (χ0v) is 13.8. The van der Waals surface area contributed by atoms with Crippen LogP contribution in [-0.2, 0) is 14.8 Å². The molecule has 0 radical (unpaired) electrons. The third-order valence-corrected chi connectivity index (χ3v) is 4.29. The third kappa shape index (κ3) is 4.97. The second-order valence-corrected chi connectivity index (χ2v) is 6.08. The second kappa shape index (κ2) is 8.72. The van der Waals surface area contributed by atoms with E-state index >= 15 is 0 Å². The summed E-state index contributed by atoms with van der Waals surface area (Å²) in [5.41, 5.74) is 0.246. The van der Waals surface area contributed by atoms with E-state index in [0.29, 0.717) is 19.8 Å². The van der Waals surface area contributed by atoms with Gasteiger partial charge in [-0.1, -0.05) is 6.92 Å². The fourth-order valence-corrected chi connectivity index (χ4v) is 2.98. The molecular formula is C14H22N2O5S. The van der Waals surface area contributed by atoms with E-state index in [1.165, 1.54) is 25.3 Å². The summed E-state index contributed by atoms with van der Waals surface area (Å²) >= 11 is 0. The molecular weight excluding hydrogens is 308 g/mol. The lowest BCUT2D eigenvalue weighted by atomic mass is 10.2. The number of ether oxygens (including phenoxy) is 2. The Hall–Kier alpha value is -1.64. The van der Waals surface area contributed by atoms with Gasteiger partial charge in [-0.05, 0) is 25.1 Å². The van der Waals surface area contributed by atoms with Crippen molar-refractivity contribution in [1.29, 1.82) is 0 Å². The summed E-state index contributed by atoms with van der Waals surface area (Å²) in [4.78, 5) is 12.0. The Morgan fingerprint density at radius 1 is 1.27 bits per heavy atom. The molecule has 8 heteroatoms. The fraction of sp³-hybridized carbons (Fsp3) is 0.500. The zero-order valence-electron chi connectivity index (χ0n) is 13.0. The van der Waals surface area contributed by atoms with Gasteiger partial charge in [0.1, 0.15) is 10.6 Å². The van der Waals surface area contributed by atoms with E-state index in [1.54, 1.807) is 13.8 Å². The fourth-order valence-electron chi connectivity index (χ4n) is 1.77. The second-order valence-electron chi connectivity index (χ2n) is 4.34. The number of sulfonamides is 1. The maximum Gasteiger partial charge on any atom is 0.251 e. The zero-order chi connectivity index (χ0) is 16.6. The number of hydrogen-bond donors (Lipinski definition) is 2. The van der Waals surface area contributed by atoms with Gasteiger partial charge in [0, 0.05) is 25.8 Å². The number of carbonyl (C=O) groups excluding carboxylic acids is 1. The van der Waals surface area contributed by atoms with E-state index in [2.05, 4.69) is 10.0 Å². The van der Waals surface area contributed by atoms with E-state index in [1.807, 2.05) is 0 Å². The van der Waals surface area contributed by atoms with Gasteiger partial charge in [-0.15, -0.1) is 0 Å². The van der Waals surface area contributed by atoms with E-state index in [0.717, 1.165) is 0 Å². The topological polar surface area (TPSA) is 93.7 Å². The summed E-state index contributed by atoms with van der Waals surface area (Å²) in [6.07, 6.45) is 0. The first-order valence-corrected chi connectivity index (χ1v) is 8.48. The summed E-state index contributed by atoms with van der Waals surface area (Å²) < 4.78 is 37.0. The Kier molecular flexibility index (Phi) is 7.30.